The SMILES string of the molecule is CCCNCc1ccn(Cc2c(Cl)cccc2[N+](=O)[O-])c1. The summed E-state index contributed by atoms with van der Waals surface area (Å²) >= 11 is 6.10. The second-order valence-corrected chi connectivity index (χ2v) is 5.27. The lowest BCUT2D eigenvalue weighted by Gasteiger charge is -2.06. The molecule has 0 spiro atoms. The first kappa shape index (κ1) is 15.5. The van der Waals surface area contributed by atoms with Crippen molar-refractivity contribution >= 4 is 17.3 Å². The Kier molecular flexibility index (Phi) is 5.36. The predicted molar refractivity (Wildman–Crippen MR) is 83.6 cm³/mol. The van der Waals surface area contributed by atoms with Crippen molar-refractivity contribution < 1.29 is 4.92 Å². The van der Waals surface area contributed by atoms with E-state index in [1.165, 1.54) is 6.07 Å². The first-order chi connectivity index (χ1) is 10.1. The highest BCUT2D eigenvalue weighted by atomic mass is 35.5. The van der Waals surface area contributed by atoms with Gasteiger partial charge in [-0.05, 0) is 30.7 Å². The second-order valence-electron chi connectivity index (χ2n) is 4.86. The summed E-state index contributed by atoms with van der Waals surface area (Å²) in [6.07, 6.45) is 4.98. The van der Waals surface area contributed by atoms with Crippen LogP contribution >= 0.6 is 11.6 Å². The van der Waals surface area contributed by atoms with Crippen LogP contribution in [0.4, 0.5) is 5.69 Å². The van der Waals surface area contributed by atoms with Crippen LogP contribution in [-0.2, 0) is 13.1 Å². The maximum atomic E-state index is 11.1. The Morgan fingerprint density at radius 3 is 2.90 bits per heavy atom. The molecule has 0 atom stereocenters. The van der Waals surface area contributed by atoms with Crippen molar-refractivity contribution in [1.82, 2.24) is 9.88 Å². The molecule has 0 fully saturated rings. The topological polar surface area (TPSA) is 60.1 Å². The predicted octanol–water partition coefficient (Wildman–Crippen LogP) is 3.60. The molecule has 0 radical (unpaired) electrons. The molecular formula is C15H18ClN3O2. The van der Waals surface area contributed by atoms with Gasteiger partial charge in [-0.1, -0.05) is 24.6 Å². The standard InChI is InChI=1S/C15H18ClN3O2/c1-2-7-17-9-12-6-8-18(10-12)11-13-14(16)4-3-5-15(13)19(20)21/h3-6,8,10,17H,2,7,9,11H2,1H3. The summed E-state index contributed by atoms with van der Waals surface area (Å²) in [4.78, 5) is 10.7. The van der Waals surface area contributed by atoms with Gasteiger partial charge < -0.3 is 9.88 Å². The second kappa shape index (κ2) is 7.24. The molecule has 2 rings (SSSR count). The largest absolute Gasteiger partial charge is 0.349 e. The Morgan fingerprint density at radius 2 is 2.19 bits per heavy atom. The zero-order valence-corrected chi connectivity index (χ0v) is 12.6. The molecule has 5 nitrogen and oxygen atoms in total. The van der Waals surface area contributed by atoms with Crippen molar-refractivity contribution in [2.45, 2.75) is 26.4 Å². The van der Waals surface area contributed by atoms with Crippen molar-refractivity contribution in [2.24, 2.45) is 0 Å². The molecular weight excluding hydrogens is 290 g/mol. The Morgan fingerprint density at radius 1 is 1.38 bits per heavy atom. The van der Waals surface area contributed by atoms with E-state index in [0.717, 1.165) is 25.1 Å². The molecule has 1 N–H and O–H groups in total. The van der Waals surface area contributed by atoms with Gasteiger partial charge in [0.05, 0.1) is 22.1 Å². The van der Waals surface area contributed by atoms with Crippen LogP contribution in [-0.4, -0.2) is 16.0 Å². The van der Waals surface area contributed by atoms with Crippen LogP contribution in [0.2, 0.25) is 5.02 Å². The molecule has 0 aliphatic rings. The van der Waals surface area contributed by atoms with Crippen molar-refractivity contribution in [2.75, 3.05) is 6.54 Å². The van der Waals surface area contributed by atoms with Gasteiger partial charge in [0.15, 0.2) is 0 Å². The Hall–Kier alpha value is -1.85. The number of nitrogens with zero attached hydrogens (tertiary/aromatic N) is 2. The minimum absolute atomic E-state index is 0.0573. The highest BCUT2D eigenvalue weighted by molar-refractivity contribution is 6.31. The molecule has 0 aliphatic carbocycles. The molecule has 21 heavy (non-hydrogen) atoms. The number of nitro groups is 1. The van der Waals surface area contributed by atoms with Gasteiger partial charge in [0.25, 0.3) is 5.69 Å². The normalized spacial score (nSPS) is 10.8. The van der Waals surface area contributed by atoms with Crippen LogP contribution in [0.15, 0.2) is 36.7 Å². The average molecular weight is 308 g/mol. The van der Waals surface area contributed by atoms with E-state index in [2.05, 4.69) is 12.2 Å². The average Bonchev–Trinajstić information content (AvgIpc) is 2.89. The van der Waals surface area contributed by atoms with Gasteiger partial charge in [0, 0.05) is 25.0 Å². The Bertz CT molecular complexity index is 625. The molecule has 0 aliphatic heterocycles. The van der Waals surface area contributed by atoms with E-state index in [9.17, 15) is 10.1 Å². The number of nitro benzene ring substituents is 1. The van der Waals surface area contributed by atoms with Crippen molar-refractivity contribution in [3.63, 3.8) is 0 Å². The fourth-order valence-electron chi connectivity index (χ4n) is 2.16. The lowest BCUT2D eigenvalue weighted by Crippen LogP contribution is -2.13. The molecule has 0 bridgehead atoms. The van der Waals surface area contributed by atoms with E-state index < -0.39 is 4.92 Å². The van der Waals surface area contributed by atoms with Crippen molar-refractivity contribution in [3.05, 3.63) is 62.9 Å². The fraction of sp³-hybridized carbons (Fsp3) is 0.333. The molecule has 1 aromatic heterocycles. The third-order valence-electron chi connectivity index (χ3n) is 3.20. The molecule has 1 heterocycles. The third kappa shape index (κ3) is 4.06. The summed E-state index contributed by atoms with van der Waals surface area (Å²) in [6.45, 7) is 4.28. The summed E-state index contributed by atoms with van der Waals surface area (Å²) < 4.78 is 1.91. The van der Waals surface area contributed by atoms with E-state index in [4.69, 9.17) is 11.6 Å². The van der Waals surface area contributed by atoms with Gasteiger partial charge in [0.1, 0.15) is 0 Å². The summed E-state index contributed by atoms with van der Waals surface area (Å²) in [5.74, 6) is 0. The maximum Gasteiger partial charge on any atom is 0.275 e. The number of halogens is 1. The molecule has 1 aromatic carbocycles. The van der Waals surface area contributed by atoms with Gasteiger partial charge in [-0.2, -0.15) is 0 Å². The van der Waals surface area contributed by atoms with Crippen LogP contribution in [0, 0.1) is 10.1 Å². The van der Waals surface area contributed by atoms with Crippen molar-refractivity contribution in [1.29, 1.82) is 0 Å². The van der Waals surface area contributed by atoms with Crippen molar-refractivity contribution in [3.8, 4) is 0 Å². The quantitative estimate of drug-likeness (QED) is 0.483. The molecule has 0 amide bonds. The van der Waals surface area contributed by atoms with Gasteiger partial charge >= 0.3 is 0 Å². The summed E-state index contributed by atoms with van der Waals surface area (Å²) in [5.41, 5.74) is 1.74. The third-order valence-corrected chi connectivity index (χ3v) is 3.55. The van der Waals surface area contributed by atoms with E-state index in [1.807, 2.05) is 23.0 Å². The van der Waals surface area contributed by atoms with Gasteiger partial charge in [-0.3, -0.25) is 10.1 Å². The number of hydrogen-bond donors (Lipinski definition) is 1. The first-order valence-electron chi connectivity index (χ1n) is 6.89. The van der Waals surface area contributed by atoms with E-state index in [0.29, 0.717) is 17.1 Å². The number of aromatic nitrogens is 1. The zero-order valence-electron chi connectivity index (χ0n) is 11.9. The minimum Gasteiger partial charge on any atom is -0.349 e. The molecule has 112 valence electrons. The number of rotatable bonds is 7. The lowest BCUT2D eigenvalue weighted by atomic mass is 10.2. The highest BCUT2D eigenvalue weighted by Gasteiger charge is 2.16. The van der Waals surface area contributed by atoms with Gasteiger partial charge in [0.2, 0.25) is 0 Å². The van der Waals surface area contributed by atoms with Crippen LogP contribution in [0.3, 0.4) is 0 Å². The fourth-order valence-corrected chi connectivity index (χ4v) is 2.39. The van der Waals surface area contributed by atoms with E-state index in [1.54, 1.807) is 12.1 Å². The molecule has 6 heteroatoms. The molecule has 2 aromatic rings. The molecule has 0 saturated carbocycles. The lowest BCUT2D eigenvalue weighted by molar-refractivity contribution is -0.385. The summed E-state index contributed by atoms with van der Waals surface area (Å²) in [7, 11) is 0. The van der Waals surface area contributed by atoms with Crippen LogP contribution < -0.4 is 5.32 Å². The van der Waals surface area contributed by atoms with Crippen LogP contribution in [0.5, 0.6) is 0 Å². The Labute approximate surface area is 128 Å². The van der Waals surface area contributed by atoms with Gasteiger partial charge in [-0.15, -0.1) is 0 Å². The Balaban J connectivity index is 2.13. The molecule has 0 unspecified atom stereocenters. The number of hydrogen-bond acceptors (Lipinski definition) is 3. The van der Waals surface area contributed by atoms with E-state index >= 15 is 0 Å². The maximum absolute atomic E-state index is 11.1. The van der Waals surface area contributed by atoms with Crippen LogP contribution in [0.1, 0.15) is 24.5 Å². The van der Waals surface area contributed by atoms with E-state index in [-0.39, 0.29) is 5.69 Å². The number of benzene rings is 1. The summed E-state index contributed by atoms with van der Waals surface area (Å²) in [6, 6.07) is 6.76. The highest BCUT2D eigenvalue weighted by Crippen LogP contribution is 2.27. The smallest absolute Gasteiger partial charge is 0.275 e. The minimum atomic E-state index is -0.394. The van der Waals surface area contributed by atoms with Crippen LogP contribution in [0.25, 0.3) is 0 Å². The zero-order chi connectivity index (χ0) is 15.2. The number of nitrogens with one attached hydrogen (secondary N) is 1. The monoisotopic (exact) mass is 307 g/mol. The molecule has 0 saturated heterocycles. The summed E-state index contributed by atoms with van der Waals surface area (Å²) in [5, 5.41) is 14.8. The van der Waals surface area contributed by atoms with Gasteiger partial charge in [-0.25, -0.2) is 0 Å². The first-order valence-corrected chi connectivity index (χ1v) is 7.26.